The molecule has 1 aromatic carbocycles. The number of rotatable bonds is 6. The summed E-state index contributed by atoms with van der Waals surface area (Å²) in [6, 6.07) is 6.05. The molecule has 0 saturated carbocycles. The van der Waals surface area contributed by atoms with Crippen molar-refractivity contribution in [2.75, 3.05) is 20.6 Å². The molecule has 0 bridgehead atoms. The minimum Gasteiger partial charge on any atom is -0.310 e. The normalized spacial score (nSPS) is 13.1. The zero-order chi connectivity index (χ0) is 12.8. The van der Waals surface area contributed by atoms with Crippen molar-refractivity contribution in [2.45, 2.75) is 25.9 Å². The summed E-state index contributed by atoms with van der Waals surface area (Å²) in [5.41, 5.74) is 0.979. The molecule has 0 aliphatic rings. The molecule has 0 fully saturated rings. The van der Waals surface area contributed by atoms with Crippen molar-refractivity contribution in [3.8, 4) is 0 Å². The van der Waals surface area contributed by atoms with Crippen LogP contribution in [0.5, 0.6) is 0 Å². The molecule has 0 saturated heterocycles. The number of halogens is 2. The third-order valence-electron chi connectivity index (χ3n) is 2.70. The lowest BCUT2D eigenvalue weighted by Gasteiger charge is -2.17. The van der Waals surface area contributed by atoms with E-state index in [9.17, 15) is 0 Å². The van der Waals surface area contributed by atoms with Crippen LogP contribution in [0.3, 0.4) is 0 Å². The van der Waals surface area contributed by atoms with E-state index in [4.69, 9.17) is 23.2 Å². The summed E-state index contributed by atoms with van der Waals surface area (Å²) in [5, 5.41) is 4.89. The van der Waals surface area contributed by atoms with Crippen LogP contribution in [0, 0.1) is 0 Å². The lowest BCUT2D eigenvalue weighted by molar-refractivity contribution is 0.365. The molecule has 1 atom stereocenters. The van der Waals surface area contributed by atoms with Crippen LogP contribution in [-0.2, 0) is 6.54 Å². The van der Waals surface area contributed by atoms with Crippen LogP contribution in [0.2, 0.25) is 10.0 Å². The van der Waals surface area contributed by atoms with Crippen molar-refractivity contribution >= 4 is 23.2 Å². The van der Waals surface area contributed by atoms with Crippen molar-refractivity contribution in [1.29, 1.82) is 0 Å². The van der Waals surface area contributed by atoms with Gasteiger partial charge in [0.05, 0.1) is 0 Å². The Hall–Kier alpha value is -0.280. The lowest BCUT2D eigenvalue weighted by Crippen LogP contribution is -2.29. The van der Waals surface area contributed by atoms with Gasteiger partial charge < -0.3 is 10.2 Å². The molecule has 96 valence electrons. The highest BCUT2D eigenvalue weighted by Gasteiger charge is 2.07. The zero-order valence-corrected chi connectivity index (χ0v) is 12.1. The first kappa shape index (κ1) is 14.8. The Morgan fingerprint density at radius 3 is 2.35 bits per heavy atom. The number of benzene rings is 1. The summed E-state index contributed by atoms with van der Waals surface area (Å²) in [7, 11) is 4.16. The highest BCUT2D eigenvalue weighted by molar-refractivity contribution is 6.35. The smallest absolute Gasteiger partial charge is 0.0465 e. The standard InChI is InChI=1S/C13H20Cl2N2/c1-10(7-8-17(2)3)16-9-11-12(14)5-4-6-13(11)15/h4-6,10,16H,7-9H2,1-3H3. The van der Waals surface area contributed by atoms with E-state index in [1.807, 2.05) is 18.2 Å². The Labute approximate surface area is 114 Å². The maximum atomic E-state index is 6.11. The fraction of sp³-hybridized carbons (Fsp3) is 0.538. The van der Waals surface area contributed by atoms with E-state index >= 15 is 0 Å². The van der Waals surface area contributed by atoms with Gasteiger partial charge in [0.25, 0.3) is 0 Å². The molecule has 1 aromatic rings. The van der Waals surface area contributed by atoms with Crippen LogP contribution >= 0.6 is 23.2 Å². The monoisotopic (exact) mass is 274 g/mol. The van der Waals surface area contributed by atoms with Crippen molar-refractivity contribution in [1.82, 2.24) is 10.2 Å². The molecular formula is C13H20Cl2N2. The van der Waals surface area contributed by atoms with Gasteiger partial charge in [0.15, 0.2) is 0 Å². The van der Waals surface area contributed by atoms with Crippen LogP contribution < -0.4 is 5.32 Å². The number of hydrogen-bond donors (Lipinski definition) is 1. The minimum atomic E-state index is 0.449. The summed E-state index contributed by atoms with van der Waals surface area (Å²) in [4.78, 5) is 2.18. The van der Waals surface area contributed by atoms with Gasteiger partial charge in [-0.25, -0.2) is 0 Å². The van der Waals surface area contributed by atoms with Crippen molar-refractivity contribution in [2.24, 2.45) is 0 Å². The van der Waals surface area contributed by atoms with Gasteiger partial charge in [0.1, 0.15) is 0 Å². The molecule has 17 heavy (non-hydrogen) atoms. The highest BCUT2D eigenvalue weighted by atomic mass is 35.5. The maximum absolute atomic E-state index is 6.11. The largest absolute Gasteiger partial charge is 0.310 e. The van der Waals surface area contributed by atoms with Gasteiger partial charge in [-0.2, -0.15) is 0 Å². The summed E-state index contributed by atoms with van der Waals surface area (Å²) < 4.78 is 0. The third kappa shape index (κ3) is 5.26. The molecule has 1 N–H and O–H groups in total. The first-order valence-corrected chi connectivity index (χ1v) is 6.57. The lowest BCUT2D eigenvalue weighted by atomic mass is 10.2. The minimum absolute atomic E-state index is 0.449. The molecule has 4 heteroatoms. The van der Waals surface area contributed by atoms with E-state index < -0.39 is 0 Å². The highest BCUT2D eigenvalue weighted by Crippen LogP contribution is 2.23. The fourth-order valence-corrected chi connectivity index (χ4v) is 2.06. The van der Waals surface area contributed by atoms with Crippen LogP contribution in [0.25, 0.3) is 0 Å². The molecule has 1 rings (SSSR count). The van der Waals surface area contributed by atoms with Gasteiger partial charge in [-0.15, -0.1) is 0 Å². The van der Waals surface area contributed by atoms with Gasteiger partial charge in [0.2, 0.25) is 0 Å². The molecule has 0 radical (unpaired) electrons. The average Bonchev–Trinajstić information content (AvgIpc) is 2.25. The first-order valence-electron chi connectivity index (χ1n) is 5.81. The molecule has 0 spiro atoms. The van der Waals surface area contributed by atoms with E-state index in [-0.39, 0.29) is 0 Å². The van der Waals surface area contributed by atoms with E-state index in [1.54, 1.807) is 0 Å². The van der Waals surface area contributed by atoms with Gasteiger partial charge in [0, 0.05) is 28.2 Å². The number of nitrogens with one attached hydrogen (secondary N) is 1. The van der Waals surface area contributed by atoms with Crippen LogP contribution in [0.15, 0.2) is 18.2 Å². The zero-order valence-electron chi connectivity index (χ0n) is 10.6. The number of nitrogens with zero attached hydrogens (tertiary/aromatic N) is 1. The van der Waals surface area contributed by atoms with Crippen molar-refractivity contribution in [3.05, 3.63) is 33.8 Å². The molecule has 0 aliphatic heterocycles. The van der Waals surface area contributed by atoms with Gasteiger partial charge in [-0.1, -0.05) is 29.3 Å². The molecular weight excluding hydrogens is 255 g/mol. The SMILES string of the molecule is CC(CCN(C)C)NCc1c(Cl)cccc1Cl. The summed E-state index contributed by atoms with van der Waals surface area (Å²) in [6.07, 6.45) is 1.11. The molecule has 0 aromatic heterocycles. The second kappa shape index (κ2) is 7.22. The Balaban J connectivity index is 2.44. The van der Waals surface area contributed by atoms with E-state index in [2.05, 4.69) is 31.2 Å². The van der Waals surface area contributed by atoms with Gasteiger partial charge in [-0.3, -0.25) is 0 Å². The van der Waals surface area contributed by atoms with Crippen molar-refractivity contribution < 1.29 is 0 Å². The number of hydrogen-bond acceptors (Lipinski definition) is 2. The van der Waals surface area contributed by atoms with Gasteiger partial charge in [-0.05, 0) is 46.1 Å². The Morgan fingerprint density at radius 2 is 1.82 bits per heavy atom. The summed E-state index contributed by atoms with van der Waals surface area (Å²) in [5.74, 6) is 0. The summed E-state index contributed by atoms with van der Waals surface area (Å²) >= 11 is 12.2. The van der Waals surface area contributed by atoms with E-state index in [1.165, 1.54) is 0 Å². The maximum Gasteiger partial charge on any atom is 0.0465 e. The Kier molecular flexibility index (Phi) is 6.28. The Morgan fingerprint density at radius 1 is 1.24 bits per heavy atom. The average molecular weight is 275 g/mol. The molecule has 0 heterocycles. The predicted molar refractivity (Wildman–Crippen MR) is 75.9 cm³/mol. The van der Waals surface area contributed by atoms with Crippen LogP contribution in [0.4, 0.5) is 0 Å². The first-order chi connectivity index (χ1) is 8.00. The molecule has 0 amide bonds. The third-order valence-corrected chi connectivity index (χ3v) is 3.41. The molecule has 1 unspecified atom stereocenters. The van der Waals surface area contributed by atoms with Crippen LogP contribution in [-0.4, -0.2) is 31.6 Å². The van der Waals surface area contributed by atoms with Crippen LogP contribution in [0.1, 0.15) is 18.9 Å². The Bertz CT molecular complexity index is 333. The fourth-order valence-electron chi connectivity index (χ4n) is 1.53. The quantitative estimate of drug-likeness (QED) is 0.855. The predicted octanol–water partition coefficient (Wildman–Crippen LogP) is 3.42. The second-order valence-corrected chi connectivity index (χ2v) is 5.39. The van der Waals surface area contributed by atoms with Crippen molar-refractivity contribution in [3.63, 3.8) is 0 Å². The molecule has 2 nitrogen and oxygen atoms in total. The second-order valence-electron chi connectivity index (χ2n) is 4.57. The molecule has 0 aliphatic carbocycles. The summed E-state index contributed by atoms with van der Waals surface area (Å²) in [6.45, 7) is 3.96. The van der Waals surface area contributed by atoms with E-state index in [0.29, 0.717) is 12.6 Å². The van der Waals surface area contributed by atoms with Gasteiger partial charge >= 0.3 is 0 Å². The van der Waals surface area contributed by atoms with E-state index in [0.717, 1.165) is 28.6 Å². The topological polar surface area (TPSA) is 15.3 Å².